The van der Waals surface area contributed by atoms with Crippen molar-refractivity contribution in [1.29, 1.82) is 0 Å². The van der Waals surface area contributed by atoms with Gasteiger partial charge in [0.05, 0.1) is 0 Å². The molecule has 1 aliphatic rings. The molecule has 1 rings (SSSR count). The summed E-state index contributed by atoms with van der Waals surface area (Å²) < 4.78 is 6.65. The van der Waals surface area contributed by atoms with Crippen LogP contribution >= 0.6 is 0 Å². The Balaban J connectivity index is 2.57. The molecule has 7 heavy (non-hydrogen) atoms. The van der Waals surface area contributed by atoms with Crippen LogP contribution in [-0.4, -0.2) is 5.11 Å². The Morgan fingerprint density at radius 3 is 2.86 bits per heavy atom. The van der Waals surface area contributed by atoms with Gasteiger partial charge >= 0.3 is 52.0 Å². The van der Waals surface area contributed by atoms with E-state index in [-0.39, 0.29) is 27.6 Å². The molecule has 0 amide bonds. The van der Waals surface area contributed by atoms with Crippen molar-refractivity contribution in [2.24, 2.45) is 0 Å². The van der Waals surface area contributed by atoms with Crippen LogP contribution in [0.5, 0.6) is 0 Å². The van der Waals surface area contributed by atoms with E-state index in [0.717, 1.165) is 0 Å². The molecule has 0 atom stereocenters. The molecule has 0 aromatic rings. The maximum atomic E-state index is 8.52. The summed E-state index contributed by atoms with van der Waals surface area (Å²) in [5.41, 5.74) is 0. The summed E-state index contributed by atoms with van der Waals surface area (Å²) in [5.74, 6) is 0.0512. The van der Waals surface area contributed by atoms with Gasteiger partial charge in [0.2, 0.25) is 0 Å². The Labute approximate surface area is 52.3 Å². The fourth-order valence-corrected chi connectivity index (χ4v) is 1.18. The first kappa shape index (κ1) is 4.96. The standard InChI is InChI=1S/C4H4IO2/c6-4-2-1-3-5-7-4/h1-3,6H/q-1. The van der Waals surface area contributed by atoms with Crippen LogP contribution in [0.1, 0.15) is 0 Å². The van der Waals surface area contributed by atoms with Gasteiger partial charge in [0, 0.05) is 0 Å². The molecule has 1 N–H and O–H groups in total. The van der Waals surface area contributed by atoms with Gasteiger partial charge in [0.15, 0.2) is 0 Å². The molecule has 0 fully saturated rings. The molecule has 0 saturated heterocycles. The molecular formula is C4H4IO2-. The molecule has 1 aliphatic heterocycles. The number of allylic oxidation sites excluding steroid dienone is 2. The van der Waals surface area contributed by atoms with Gasteiger partial charge in [0.25, 0.3) is 0 Å². The monoisotopic (exact) mass is 211 g/mol. The third-order valence-electron chi connectivity index (χ3n) is 0.487. The van der Waals surface area contributed by atoms with Crippen molar-refractivity contribution < 1.29 is 29.8 Å². The molecule has 40 valence electrons. The Bertz CT molecular complexity index is 117. The average Bonchev–Trinajstić information content (AvgIpc) is 1.69. The predicted molar refractivity (Wildman–Crippen MR) is 20.9 cm³/mol. The van der Waals surface area contributed by atoms with Crippen LogP contribution < -0.4 is 21.6 Å². The number of hydrogen-bond acceptors (Lipinski definition) is 2. The normalized spacial score (nSPS) is 19.1. The van der Waals surface area contributed by atoms with Crippen molar-refractivity contribution in [1.82, 2.24) is 0 Å². The Kier molecular flexibility index (Phi) is 1.56. The second-order valence-corrected chi connectivity index (χ2v) is 2.66. The van der Waals surface area contributed by atoms with Crippen molar-refractivity contribution in [2.75, 3.05) is 0 Å². The van der Waals surface area contributed by atoms with E-state index in [1.54, 1.807) is 6.08 Å². The van der Waals surface area contributed by atoms with E-state index in [1.807, 2.05) is 4.08 Å². The molecule has 0 spiro atoms. The summed E-state index contributed by atoms with van der Waals surface area (Å²) in [6.07, 6.45) is 3.33. The second kappa shape index (κ2) is 2.20. The van der Waals surface area contributed by atoms with E-state index >= 15 is 0 Å². The minimum absolute atomic E-state index is 0.0512. The molecule has 0 saturated carbocycles. The third kappa shape index (κ3) is 1.38. The van der Waals surface area contributed by atoms with Crippen LogP contribution in [0, 0.1) is 0 Å². The quantitative estimate of drug-likeness (QED) is 0.466. The van der Waals surface area contributed by atoms with Crippen LogP contribution in [0.15, 0.2) is 22.2 Å². The molecule has 0 aliphatic carbocycles. The summed E-state index contributed by atoms with van der Waals surface area (Å²) in [4.78, 5) is 0. The van der Waals surface area contributed by atoms with Gasteiger partial charge in [-0.05, 0) is 0 Å². The number of aliphatic hydroxyl groups excluding tert-OH is 1. The maximum absolute atomic E-state index is 8.52. The van der Waals surface area contributed by atoms with E-state index in [9.17, 15) is 0 Å². The van der Waals surface area contributed by atoms with Gasteiger partial charge in [-0.25, -0.2) is 0 Å². The van der Waals surface area contributed by atoms with E-state index in [4.69, 9.17) is 8.17 Å². The van der Waals surface area contributed by atoms with Gasteiger partial charge in [-0.3, -0.25) is 0 Å². The summed E-state index contributed by atoms with van der Waals surface area (Å²) in [5, 5.41) is 8.52. The molecule has 0 unspecified atom stereocenters. The van der Waals surface area contributed by atoms with Gasteiger partial charge in [-0.1, -0.05) is 0 Å². The second-order valence-electron chi connectivity index (χ2n) is 0.990. The summed E-state index contributed by atoms with van der Waals surface area (Å²) in [6.45, 7) is 0. The average molecular weight is 211 g/mol. The molecular weight excluding hydrogens is 207 g/mol. The van der Waals surface area contributed by atoms with Gasteiger partial charge in [-0.2, -0.15) is 0 Å². The summed E-state index contributed by atoms with van der Waals surface area (Å²) in [7, 11) is 0. The van der Waals surface area contributed by atoms with E-state index < -0.39 is 0 Å². The van der Waals surface area contributed by atoms with E-state index in [2.05, 4.69) is 0 Å². The zero-order valence-electron chi connectivity index (χ0n) is 3.47. The third-order valence-corrected chi connectivity index (χ3v) is 1.90. The first-order chi connectivity index (χ1) is 3.39. The first-order valence-electron chi connectivity index (χ1n) is 1.76. The van der Waals surface area contributed by atoms with Gasteiger partial charge in [-0.15, -0.1) is 0 Å². The van der Waals surface area contributed by atoms with Crippen LogP contribution in [0.4, 0.5) is 0 Å². The van der Waals surface area contributed by atoms with Crippen LogP contribution in [0.25, 0.3) is 0 Å². The first-order valence-corrected chi connectivity index (χ1v) is 3.88. The minimum atomic E-state index is -0.324. The molecule has 3 heteroatoms. The van der Waals surface area contributed by atoms with Crippen molar-refractivity contribution in [3.05, 3.63) is 22.2 Å². The number of halogens is 1. The van der Waals surface area contributed by atoms with E-state index in [0.29, 0.717) is 0 Å². The number of rotatable bonds is 0. The molecule has 0 aromatic carbocycles. The molecule has 2 nitrogen and oxygen atoms in total. The molecule has 0 bridgehead atoms. The topological polar surface area (TPSA) is 29.5 Å². The molecule has 0 radical (unpaired) electrons. The Morgan fingerprint density at radius 2 is 2.57 bits per heavy atom. The fourth-order valence-electron chi connectivity index (χ4n) is 0.245. The summed E-state index contributed by atoms with van der Waals surface area (Å²) >= 11 is -0.324. The van der Waals surface area contributed by atoms with Crippen molar-refractivity contribution in [2.45, 2.75) is 0 Å². The predicted octanol–water partition coefficient (Wildman–Crippen LogP) is -2.07. The summed E-state index contributed by atoms with van der Waals surface area (Å²) in [6, 6.07) is 0. The molecule has 1 heterocycles. The molecule has 0 aromatic heterocycles. The number of aliphatic hydroxyl groups is 1. The van der Waals surface area contributed by atoms with Crippen LogP contribution in [0.3, 0.4) is 0 Å². The van der Waals surface area contributed by atoms with Crippen LogP contribution in [0.2, 0.25) is 0 Å². The van der Waals surface area contributed by atoms with Crippen molar-refractivity contribution >= 4 is 0 Å². The van der Waals surface area contributed by atoms with Gasteiger partial charge in [0.1, 0.15) is 0 Å². The van der Waals surface area contributed by atoms with Crippen LogP contribution in [-0.2, 0) is 3.07 Å². The fraction of sp³-hybridized carbons (Fsp3) is 0. The Morgan fingerprint density at radius 1 is 1.71 bits per heavy atom. The van der Waals surface area contributed by atoms with Crippen molar-refractivity contribution in [3.63, 3.8) is 0 Å². The number of hydrogen-bond donors (Lipinski definition) is 1. The van der Waals surface area contributed by atoms with Crippen molar-refractivity contribution in [3.8, 4) is 0 Å². The van der Waals surface area contributed by atoms with E-state index in [1.165, 1.54) is 6.08 Å². The SMILES string of the molecule is OC1=CC=C[I-]O1. The van der Waals surface area contributed by atoms with Gasteiger partial charge < -0.3 is 0 Å². The zero-order chi connectivity index (χ0) is 5.11. The zero-order valence-corrected chi connectivity index (χ0v) is 5.62. The Hall–Kier alpha value is -0.190.